The van der Waals surface area contributed by atoms with Crippen LogP contribution < -0.4 is 5.32 Å². The fourth-order valence-corrected chi connectivity index (χ4v) is 3.43. The zero-order chi connectivity index (χ0) is 16.9. The minimum Gasteiger partial charge on any atom is -0.352 e. The molecule has 0 atom stereocenters. The quantitative estimate of drug-likeness (QED) is 0.712. The average molecular weight is 378 g/mol. The first kappa shape index (κ1) is 16.9. The van der Waals surface area contributed by atoms with Gasteiger partial charge in [0.2, 0.25) is 0 Å². The van der Waals surface area contributed by atoms with Crippen LogP contribution in [0.3, 0.4) is 0 Å². The smallest absolute Gasteiger partial charge is 0.252 e. The molecule has 0 fully saturated rings. The van der Waals surface area contributed by atoms with Crippen LogP contribution >= 0.6 is 34.5 Å². The second-order valence-corrected chi connectivity index (χ2v) is 6.78. The van der Waals surface area contributed by atoms with Crippen LogP contribution in [0.25, 0.3) is 11.3 Å². The molecule has 2 heterocycles. The molecule has 0 saturated carbocycles. The Morgan fingerprint density at radius 3 is 2.88 bits per heavy atom. The normalized spacial score (nSPS) is 10.6. The number of benzene rings is 1. The lowest BCUT2D eigenvalue weighted by Crippen LogP contribution is -2.25. The summed E-state index contributed by atoms with van der Waals surface area (Å²) in [6.45, 7) is 0.484. The molecule has 0 unspecified atom stereocenters. The molecular formula is C17H13Cl2N3OS. The van der Waals surface area contributed by atoms with E-state index >= 15 is 0 Å². The highest BCUT2D eigenvalue weighted by Crippen LogP contribution is 2.22. The number of nitrogens with one attached hydrogen (secondary N) is 1. The molecule has 1 aromatic carbocycles. The predicted octanol–water partition coefficient (Wildman–Crippen LogP) is 4.48. The largest absolute Gasteiger partial charge is 0.352 e. The van der Waals surface area contributed by atoms with Gasteiger partial charge in [-0.25, -0.2) is 4.98 Å². The number of aromatic nitrogens is 2. The number of thiazole rings is 1. The number of carbonyl (C=O) groups is 1. The Morgan fingerprint density at radius 1 is 1.25 bits per heavy atom. The number of hydrogen-bond acceptors (Lipinski definition) is 4. The van der Waals surface area contributed by atoms with E-state index in [0.717, 1.165) is 16.3 Å². The summed E-state index contributed by atoms with van der Waals surface area (Å²) in [4.78, 5) is 20.8. The average Bonchev–Trinajstić information content (AvgIpc) is 3.04. The molecule has 4 nitrogen and oxygen atoms in total. The molecular weight excluding hydrogens is 365 g/mol. The minimum atomic E-state index is -0.222. The van der Waals surface area contributed by atoms with Crippen molar-refractivity contribution in [3.8, 4) is 11.3 Å². The van der Waals surface area contributed by atoms with Gasteiger partial charge in [-0.3, -0.25) is 9.78 Å². The summed E-state index contributed by atoms with van der Waals surface area (Å²) in [6.07, 6.45) is 4.17. The fraction of sp³-hybridized carbons (Fsp3) is 0.118. The number of hydrogen-bond donors (Lipinski definition) is 1. The highest BCUT2D eigenvalue weighted by Gasteiger charge is 2.11. The molecule has 122 valence electrons. The maximum absolute atomic E-state index is 12.1. The van der Waals surface area contributed by atoms with Gasteiger partial charge in [-0.2, -0.15) is 0 Å². The summed E-state index contributed by atoms with van der Waals surface area (Å²) in [6, 6.07) is 8.66. The number of pyridine rings is 1. The summed E-state index contributed by atoms with van der Waals surface area (Å²) in [5, 5.41) is 6.63. The molecule has 24 heavy (non-hydrogen) atoms. The van der Waals surface area contributed by atoms with Crippen LogP contribution in [0, 0.1) is 0 Å². The Bertz CT molecular complexity index is 852. The van der Waals surface area contributed by atoms with Crippen molar-refractivity contribution in [1.82, 2.24) is 15.3 Å². The molecule has 7 heteroatoms. The first-order valence-corrected chi connectivity index (χ1v) is 8.85. The monoisotopic (exact) mass is 377 g/mol. The van der Waals surface area contributed by atoms with Crippen LogP contribution in [-0.2, 0) is 6.42 Å². The van der Waals surface area contributed by atoms with E-state index in [4.69, 9.17) is 23.2 Å². The second kappa shape index (κ2) is 7.75. The number of nitrogens with zero attached hydrogens (tertiary/aromatic N) is 2. The van der Waals surface area contributed by atoms with E-state index in [1.165, 1.54) is 0 Å². The maximum Gasteiger partial charge on any atom is 0.252 e. The van der Waals surface area contributed by atoms with Crippen LogP contribution in [-0.4, -0.2) is 22.4 Å². The molecule has 2 aromatic heterocycles. The molecule has 1 amide bonds. The molecule has 0 aliphatic rings. The van der Waals surface area contributed by atoms with Crippen molar-refractivity contribution in [2.75, 3.05) is 6.54 Å². The summed E-state index contributed by atoms with van der Waals surface area (Å²) >= 11 is 13.4. The van der Waals surface area contributed by atoms with Gasteiger partial charge in [0.25, 0.3) is 5.91 Å². The van der Waals surface area contributed by atoms with Crippen molar-refractivity contribution < 1.29 is 4.79 Å². The maximum atomic E-state index is 12.1. The van der Waals surface area contributed by atoms with Crippen molar-refractivity contribution in [3.05, 3.63) is 68.7 Å². The van der Waals surface area contributed by atoms with Gasteiger partial charge >= 0.3 is 0 Å². The van der Waals surface area contributed by atoms with Crippen LogP contribution in [0.15, 0.2) is 48.1 Å². The number of carbonyl (C=O) groups excluding carboxylic acids is 1. The summed E-state index contributed by atoms with van der Waals surface area (Å²) in [5.74, 6) is -0.222. The standard InChI is InChI=1S/C17H13Cl2N3OS/c18-12-3-4-13(14(19)8-12)17(23)21-7-5-16-22-15(10-24-16)11-2-1-6-20-9-11/h1-4,6,8-10H,5,7H2,(H,21,23). The van der Waals surface area contributed by atoms with Crippen LogP contribution in [0.1, 0.15) is 15.4 Å². The molecule has 3 rings (SSSR count). The Kier molecular flexibility index (Phi) is 5.45. The Balaban J connectivity index is 1.57. The Labute approximate surface area is 153 Å². The number of halogens is 2. The van der Waals surface area contributed by atoms with Crippen LogP contribution in [0.5, 0.6) is 0 Å². The lowest BCUT2D eigenvalue weighted by molar-refractivity contribution is 0.0954. The molecule has 0 radical (unpaired) electrons. The van der Waals surface area contributed by atoms with Crippen molar-refractivity contribution in [2.45, 2.75) is 6.42 Å². The number of rotatable bonds is 5. The van der Waals surface area contributed by atoms with Gasteiger partial charge in [0.05, 0.1) is 21.3 Å². The van der Waals surface area contributed by atoms with E-state index in [0.29, 0.717) is 28.6 Å². The first-order valence-electron chi connectivity index (χ1n) is 7.21. The van der Waals surface area contributed by atoms with E-state index in [1.807, 2.05) is 17.5 Å². The molecule has 1 N–H and O–H groups in total. The molecule has 0 spiro atoms. The summed E-state index contributed by atoms with van der Waals surface area (Å²) in [5.41, 5.74) is 2.29. The van der Waals surface area contributed by atoms with Gasteiger partial charge < -0.3 is 5.32 Å². The van der Waals surface area contributed by atoms with Crippen molar-refractivity contribution in [2.24, 2.45) is 0 Å². The van der Waals surface area contributed by atoms with E-state index in [1.54, 1.807) is 41.9 Å². The van der Waals surface area contributed by atoms with E-state index in [-0.39, 0.29) is 5.91 Å². The van der Waals surface area contributed by atoms with Crippen molar-refractivity contribution in [3.63, 3.8) is 0 Å². The summed E-state index contributed by atoms with van der Waals surface area (Å²) < 4.78 is 0. The second-order valence-electron chi connectivity index (χ2n) is 5.00. The SMILES string of the molecule is O=C(NCCc1nc(-c2cccnc2)cs1)c1ccc(Cl)cc1Cl. The van der Waals surface area contributed by atoms with Gasteiger partial charge in [-0.1, -0.05) is 23.2 Å². The minimum absolute atomic E-state index is 0.222. The lowest BCUT2D eigenvalue weighted by Gasteiger charge is -2.06. The first-order chi connectivity index (χ1) is 11.6. The highest BCUT2D eigenvalue weighted by atomic mass is 35.5. The summed E-state index contributed by atoms with van der Waals surface area (Å²) in [7, 11) is 0. The van der Waals surface area contributed by atoms with Gasteiger partial charge in [-0.05, 0) is 30.3 Å². The third-order valence-corrected chi connectivity index (χ3v) is 4.77. The third kappa shape index (κ3) is 4.12. The molecule has 0 aliphatic heterocycles. The van der Waals surface area contributed by atoms with E-state index in [2.05, 4.69) is 15.3 Å². The highest BCUT2D eigenvalue weighted by molar-refractivity contribution is 7.09. The fourth-order valence-electron chi connectivity index (χ4n) is 2.12. The Morgan fingerprint density at radius 2 is 2.12 bits per heavy atom. The predicted molar refractivity (Wildman–Crippen MR) is 97.8 cm³/mol. The van der Waals surface area contributed by atoms with Crippen molar-refractivity contribution in [1.29, 1.82) is 0 Å². The zero-order valence-electron chi connectivity index (χ0n) is 12.5. The topological polar surface area (TPSA) is 54.9 Å². The van der Waals surface area contributed by atoms with Gasteiger partial charge in [0.1, 0.15) is 0 Å². The molecule has 0 saturated heterocycles. The van der Waals surface area contributed by atoms with Crippen LogP contribution in [0.2, 0.25) is 10.0 Å². The van der Waals surface area contributed by atoms with E-state index < -0.39 is 0 Å². The van der Waals surface area contributed by atoms with Gasteiger partial charge in [-0.15, -0.1) is 11.3 Å². The molecule has 3 aromatic rings. The van der Waals surface area contributed by atoms with Crippen LogP contribution in [0.4, 0.5) is 0 Å². The number of amides is 1. The van der Waals surface area contributed by atoms with E-state index in [9.17, 15) is 4.79 Å². The molecule has 0 bridgehead atoms. The van der Waals surface area contributed by atoms with Crippen molar-refractivity contribution >= 4 is 40.4 Å². The van der Waals surface area contributed by atoms with Gasteiger partial charge in [0, 0.05) is 41.3 Å². The Hall–Kier alpha value is -1.95. The van der Waals surface area contributed by atoms with Gasteiger partial charge in [0.15, 0.2) is 0 Å². The zero-order valence-corrected chi connectivity index (χ0v) is 14.8. The lowest BCUT2D eigenvalue weighted by atomic mass is 10.2. The third-order valence-electron chi connectivity index (χ3n) is 3.31. The molecule has 0 aliphatic carbocycles.